The van der Waals surface area contributed by atoms with Crippen LogP contribution in [0.1, 0.15) is 39.0 Å². The van der Waals surface area contributed by atoms with E-state index < -0.39 is 13.4 Å². The highest BCUT2D eigenvalue weighted by molar-refractivity contribution is 7.40. The number of aliphatic hydroxyl groups is 1. The molecular formula is C8H17O3P. The van der Waals surface area contributed by atoms with E-state index in [-0.39, 0.29) is 0 Å². The fourth-order valence-corrected chi connectivity index (χ4v) is 2.90. The molecule has 0 saturated heterocycles. The number of rotatable bonds is 3. The molecule has 1 N–H and O–H groups in total. The molecule has 1 atom stereocenters. The molecule has 1 aliphatic rings. The zero-order chi connectivity index (χ0) is 9.03. The van der Waals surface area contributed by atoms with Crippen LogP contribution in [0.3, 0.4) is 0 Å². The maximum Gasteiger partial charge on any atom is 0.222 e. The zero-order valence-corrected chi connectivity index (χ0v) is 8.51. The molecule has 3 nitrogen and oxygen atoms in total. The average Bonchev–Trinajstić information content (AvgIpc) is 2.06. The van der Waals surface area contributed by atoms with Crippen molar-refractivity contribution < 1.29 is 14.2 Å². The van der Waals surface area contributed by atoms with Crippen LogP contribution in [0.2, 0.25) is 0 Å². The molecular weight excluding hydrogens is 175 g/mol. The fourth-order valence-electron chi connectivity index (χ4n) is 1.61. The van der Waals surface area contributed by atoms with Crippen LogP contribution in [0.25, 0.3) is 0 Å². The highest BCUT2D eigenvalue weighted by Crippen LogP contribution is 2.47. The molecule has 1 rings (SSSR count). The van der Waals surface area contributed by atoms with Gasteiger partial charge in [0.25, 0.3) is 0 Å². The van der Waals surface area contributed by atoms with Crippen molar-refractivity contribution in [3.05, 3.63) is 0 Å². The van der Waals surface area contributed by atoms with Gasteiger partial charge in [0.2, 0.25) is 8.03 Å². The maximum atomic E-state index is 11.4. The van der Waals surface area contributed by atoms with Gasteiger partial charge in [-0.2, -0.15) is 0 Å². The summed E-state index contributed by atoms with van der Waals surface area (Å²) in [5.74, 6) is 0. The summed E-state index contributed by atoms with van der Waals surface area (Å²) in [6, 6.07) is 0. The van der Waals surface area contributed by atoms with Crippen molar-refractivity contribution in [1.82, 2.24) is 0 Å². The molecule has 72 valence electrons. The second kappa shape index (κ2) is 4.40. The Morgan fingerprint density at radius 1 is 1.42 bits per heavy atom. The van der Waals surface area contributed by atoms with Crippen LogP contribution in [0.15, 0.2) is 0 Å². The van der Waals surface area contributed by atoms with Crippen molar-refractivity contribution in [2.24, 2.45) is 0 Å². The van der Waals surface area contributed by atoms with Gasteiger partial charge in [0.05, 0.1) is 6.61 Å². The lowest BCUT2D eigenvalue weighted by molar-refractivity contribution is 0.0704. The first kappa shape index (κ1) is 10.2. The third-order valence-electron chi connectivity index (χ3n) is 2.34. The predicted molar refractivity (Wildman–Crippen MR) is 48.7 cm³/mol. The smallest absolute Gasteiger partial charge is 0.222 e. The summed E-state index contributed by atoms with van der Waals surface area (Å²) in [5, 5.41) is 8.89. The standard InChI is InChI=1S/C8H17O3P/c1-2-11-12(10)8(9)6-4-3-5-7-8/h9,12H,2-7H2,1H3. The molecule has 0 heterocycles. The van der Waals surface area contributed by atoms with Crippen LogP contribution < -0.4 is 0 Å². The minimum atomic E-state index is -2.23. The van der Waals surface area contributed by atoms with E-state index >= 15 is 0 Å². The van der Waals surface area contributed by atoms with Crippen LogP contribution in [-0.4, -0.2) is 17.1 Å². The minimum Gasteiger partial charge on any atom is -0.380 e. The third-order valence-corrected chi connectivity index (χ3v) is 4.15. The maximum absolute atomic E-state index is 11.4. The Bertz CT molecular complexity index is 164. The Morgan fingerprint density at radius 3 is 2.50 bits per heavy atom. The average molecular weight is 192 g/mol. The minimum absolute atomic E-state index is 0.431. The molecule has 1 fully saturated rings. The quantitative estimate of drug-likeness (QED) is 0.697. The molecule has 0 bridgehead atoms. The van der Waals surface area contributed by atoms with E-state index in [1.807, 2.05) is 0 Å². The van der Waals surface area contributed by atoms with Crippen LogP contribution in [0.4, 0.5) is 0 Å². The largest absolute Gasteiger partial charge is 0.380 e. The van der Waals surface area contributed by atoms with Crippen LogP contribution in [0.5, 0.6) is 0 Å². The zero-order valence-electron chi connectivity index (χ0n) is 7.51. The summed E-state index contributed by atoms with van der Waals surface area (Å²) in [6.45, 7) is 2.23. The SMILES string of the molecule is CCO[PH](=O)C1(O)CCCCC1. The van der Waals surface area contributed by atoms with E-state index in [4.69, 9.17) is 4.52 Å². The molecule has 1 saturated carbocycles. The fraction of sp³-hybridized carbons (Fsp3) is 1.00. The van der Waals surface area contributed by atoms with Crippen LogP contribution >= 0.6 is 8.03 Å². The third kappa shape index (κ3) is 2.32. The predicted octanol–water partition coefficient (Wildman–Crippen LogP) is 2.15. The first-order valence-electron chi connectivity index (χ1n) is 4.58. The summed E-state index contributed by atoms with van der Waals surface area (Å²) < 4.78 is 16.4. The Balaban J connectivity index is 2.50. The van der Waals surface area contributed by atoms with Gasteiger partial charge in [-0.05, 0) is 19.8 Å². The van der Waals surface area contributed by atoms with E-state index in [9.17, 15) is 9.67 Å². The molecule has 0 aliphatic heterocycles. The van der Waals surface area contributed by atoms with Crippen molar-refractivity contribution in [3.8, 4) is 0 Å². The molecule has 12 heavy (non-hydrogen) atoms. The van der Waals surface area contributed by atoms with Crippen molar-refractivity contribution in [2.75, 3.05) is 6.61 Å². The van der Waals surface area contributed by atoms with Crippen molar-refractivity contribution in [1.29, 1.82) is 0 Å². The van der Waals surface area contributed by atoms with Crippen molar-refractivity contribution in [3.63, 3.8) is 0 Å². The molecule has 0 aromatic carbocycles. The van der Waals surface area contributed by atoms with E-state index in [0.29, 0.717) is 19.4 Å². The molecule has 4 heteroatoms. The summed E-state index contributed by atoms with van der Waals surface area (Å²) in [7, 11) is -2.23. The van der Waals surface area contributed by atoms with Crippen molar-refractivity contribution in [2.45, 2.75) is 44.4 Å². The number of hydrogen-bond donors (Lipinski definition) is 1. The van der Waals surface area contributed by atoms with E-state index in [1.54, 1.807) is 6.92 Å². The Labute approximate surface area is 74.0 Å². The second-order valence-electron chi connectivity index (χ2n) is 3.31. The van der Waals surface area contributed by atoms with Gasteiger partial charge in [0.15, 0.2) is 0 Å². The molecule has 1 aliphatic carbocycles. The summed E-state index contributed by atoms with van der Waals surface area (Å²) in [4.78, 5) is 0. The summed E-state index contributed by atoms with van der Waals surface area (Å²) in [6.07, 6.45) is 4.37. The van der Waals surface area contributed by atoms with Gasteiger partial charge in [0.1, 0.15) is 5.34 Å². The Kier molecular flexibility index (Phi) is 3.76. The summed E-state index contributed by atoms with van der Waals surface area (Å²) in [5.41, 5.74) is 0. The normalized spacial score (nSPS) is 25.2. The van der Waals surface area contributed by atoms with Gasteiger partial charge in [-0.15, -0.1) is 0 Å². The topological polar surface area (TPSA) is 46.5 Å². The Morgan fingerprint density at radius 2 is 2.00 bits per heavy atom. The van der Waals surface area contributed by atoms with Crippen molar-refractivity contribution >= 4 is 8.03 Å². The first-order chi connectivity index (χ1) is 5.69. The van der Waals surface area contributed by atoms with Gasteiger partial charge >= 0.3 is 0 Å². The lowest BCUT2D eigenvalue weighted by atomic mass is 9.97. The molecule has 0 amide bonds. The van der Waals surface area contributed by atoms with Gasteiger partial charge in [-0.25, -0.2) is 0 Å². The Hall–Kier alpha value is 0.150. The molecule has 0 spiro atoms. The molecule has 0 radical (unpaired) electrons. The highest BCUT2D eigenvalue weighted by Gasteiger charge is 2.35. The van der Waals surface area contributed by atoms with Gasteiger partial charge in [-0.1, -0.05) is 19.3 Å². The van der Waals surface area contributed by atoms with Crippen LogP contribution in [-0.2, 0) is 9.09 Å². The monoisotopic (exact) mass is 192 g/mol. The molecule has 0 aromatic heterocycles. The van der Waals surface area contributed by atoms with E-state index in [0.717, 1.165) is 19.3 Å². The number of hydrogen-bond acceptors (Lipinski definition) is 3. The van der Waals surface area contributed by atoms with E-state index in [1.165, 1.54) is 0 Å². The highest BCUT2D eigenvalue weighted by atomic mass is 31.1. The summed E-state index contributed by atoms with van der Waals surface area (Å²) >= 11 is 0. The second-order valence-corrected chi connectivity index (χ2v) is 5.11. The molecule has 1 unspecified atom stereocenters. The molecule has 0 aromatic rings. The van der Waals surface area contributed by atoms with Gasteiger partial charge < -0.3 is 9.63 Å². The first-order valence-corrected chi connectivity index (χ1v) is 5.90. The van der Waals surface area contributed by atoms with Gasteiger partial charge in [-0.3, -0.25) is 4.57 Å². The lowest BCUT2D eigenvalue weighted by Crippen LogP contribution is -2.27. The van der Waals surface area contributed by atoms with Gasteiger partial charge in [0, 0.05) is 0 Å². The van der Waals surface area contributed by atoms with E-state index in [2.05, 4.69) is 0 Å². The van der Waals surface area contributed by atoms with Crippen LogP contribution in [0, 0.1) is 0 Å². The lowest BCUT2D eigenvalue weighted by Gasteiger charge is -2.30.